The molecule has 2 aromatic rings. The summed E-state index contributed by atoms with van der Waals surface area (Å²) in [6.07, 6.45) is 0. The van der Waals surface area contributed by atoms with E-state index >= 15 is 0 Å². The molecular weight excluding hydrogens is 507 g/mol. The quantitative estimate of drug-likeness (QED) is 0.436. The van der Waals surface area contributed by atoms with Crippen LogP contribution in [0, 0.1) is 0 Å². The summed E-state index contributed by atoms with van der Waals surface area (Å²) in [5, 5.41) is 4.05. The van der Waals surface area contributed by atoms with Gasteiger partial charge in [0.05, 0.1) is 5.75 Å². The van der Waals surface area contributed by atoms with Gasteiger partial charge in [-0.15, -0.1) is 11.8 Å². The Bertz CT molecular complexity index is 858. The minimum absolute atomic E-state index is 0.00122. The molecule has 0 saturated heterocycles. The van der Waals surface area contributed by atoms with Gasteiger partial charge < -0.3 is 10.2 Å². The first-order chi connectivity index (χ1) is 14.2. The van der Waals surface area contributed by atoms with E-state index in [1.807, 2.05) is 38.1 Å². The van der Waals surface area contributed by atoms with Crippen molar-refractivity contribution in [2.45, 2.75) is 45.2 Å². The molecule has 2 rings (SSSR count). The molecule has 0 bridgehead atoms. The van der Waals surface area contributed by atoms with Crippen molar-refractivity contribution in [3.63, 3.8) is 0 Å². The van der Waals surface area contributed by atoms with E-state index < -0.39 is 6.04 Å². The van der Waals surface area contributed by atoms with E-state index in [4.69, 9.17) is 23.2 Å². The van der Waals surface area contributed by atoms with Gasteiger partial charge in [-0.05, 0) is 56.2 Å². The number of halogens is 3. The molecule has 0 aromatic heterocycles. The number of nitrogens with zero attached hydrogens (tertiary/aromatic N) is 1. The van der Waals surface area contributed by atoms with E-state index in [0.717, 1.165) is 15.6 Å². The summed E-state index contributed by atoms with van der Waals surface area (Å²) in [5.74, 6) is 0.451. The lowest BCUT2D eigenvalue weighted by molar-refractivity contribution is -0.138. The maximum Gasteiger partial charge on any atom is 0.242 e. The molecule has 0 radical (unpaired) electrons. The fourth-order valence-corrected chi connectivity index (χ4v) is 4.68. The van der Waals surface area contributed by atoms with Crippen molar-refractivity contribution in [3.8, 4) is 0 Å². The molecule has 2 amide bonds. The molecule has 162 valence electrons. The van der Waals surface area contributed by atoms with E-state index in [2.05, 4.69) is 21.2 Å². The van der Waals surface area contributed by atoms with Crippen LogP contribution in [0.25, 0.3) is 0 Å². The highest BCUT2D eigenvalue weighted by atomic mass is 79.9. The van der Waals surface area contributed by atoms with Crippen LogP contribution in [0.3, 0.4) is 0 Å². The number of rotatable bonds is 9. The zero-order valence-corrected chi connectivity index (χ0v) is 21.0. The van der Waals surface area contributed by atoms with Crippen molar-refractivity contribution in [3.05, 3.63) is 68.1 Å². The Hall–Kier alpha value is -1.21. The molecule has 1 atom stereocenters. The van der Waals surface area contributed by atoms with Gasteiger partial charge in [-0.1, -0.05) is 57.3 Å². The van der Waals surface area contributed by atoms with Gasteiger partial charge in [0.1, 0.15) is 6.04 Å². The van der Waals surface area contributed by atoms with E-state index in [1.165, 1.54) is 11.8 Å². The SMILES string of the molecule is CC(C)NC(=O)[C@H](C)N(Cc1ccc(Br)cc1)C(=O)CSCc1c(Cl)cccc1Cl. The zero-order chi connectivity index (χ0) is 22.3. The predicted octanol–water partition coefficient (Wildman–Crippen LogP) is 5.93. The summed E-state index contributed by atoms with van der Waals surface area (Å²) in [7, 11) is 0. The molecule has 0 heterocycles. The number of hydrogen-bond acceptors (Lipinski definition) is 3. The number of carbonyl (C=O) groups is 2. The molecule has 0 saturated carbocycles. The van der Waals surface area contributed by atoms with Crippen LogP contribution in [-0.2, 0) is 21.9 Å². The Balaban J connectivity index is 2.10. The van der Waals surface area contributed by atoms with Crippen LogP contribution >= 0.6 is 50.9 Å². The first-order valence-corrected chi connectivity index (χ1v) is 12.2. The van der Waals surface area contributed by atoms with E-state index in [-0.39, 0.29) is 23.6 Å². The number of thioether (sulfide) groups is 1. The lowest BCUT2D eigenvalue weighted by atomic mass is 10.1. The number of carbonyl (C=O) groups excluding carboxylic acids is 2. The normalized spacial score (nSPS) is 12.0. The first kappa shape index (κ1) is 25.1. The summed E-state index contributed by atoms with van der Waals surface area (Å²) < 4.78 is 0.960. The van der Waals surface area contributed by atoms with Crippen LogP contribution in [0.5, 0.6) is 0 Å². The van der Waals surface area contributed by atoms with Gasteiger partial charge in [0, 0.05) is 32.9 Å². The lowest BCUT2D eigenvalue weighted by Gasteiger charge is -2.29. The number of nitrogens with one attached hydrogen (secondary N) is 1. The van der Waals surface area contributed by atoms with Crippen molar-refractivity contribution in [2.24, 2.45) is 0 Å². The van der Waals surface area contributed by atoms with Crippen LogP contribution in [0.15, 0.2) is 46.9 Å². The van der Waals surface area contributed by atoms with Crippen molar-refractivity contribution in [2.75, 3.05) is 5.75 Å². The van der Waals surface area contributed by atoms with Gasteiger partial charge in [-0.25, -0.2) is 0 Å². The third-order valence-corrected chi connectivity index (χ3v) is 6.58. The molecule has 1 N–H and O–H groups in total. The molecule has 2 aromatic carbocycles. The molecule has 0 fully saturated rings. The Morgan fingerprint density at radius 2 is 1.67 bits per heavy atom. The van der Waals surface area contributed by atoms with Crippen LogP contribution in [0.1, 0.15) is 31.9 Å². The molecule has 0 aliphatic heterocycles. The van der Waals surface area contributed by atoms with Crippen molar-refractivity contribution >= 4 is 62.7 Å². The van der Waals surface area contributed by atoms with Crippen LogP contribution in [0.2, 0.25) is 10.0 Å². The average molecular weight is 532 g/mol. The Kier molecular flexibility index (Phi) is 10.0. The summed E-state index contributed by atoms with van der Waals surface area (Å²) in [6, 6.07) is 12.5. The largest absolute Gasteiger partial charge is 0.352 e. The number of benzene rings is 2. The van der Waals surface area contributed by atoms with Gasteiger partial charge in [0.15, 0.2) is 0 Å². The third-order valence-electron chi connectivity index (χ3n) is 4.40. The fraction of sp³-hybridized carbons (Fsp3) is 0.364. The Labute approximate surface area is 200 Å². The summed E-state index contributed by atoms with van der Waals surface area (Å²) in [4.78, 5) is 27.2. The minimum Gasteiger partial charge on any atom is -0.352 e. The molecule has 0 aliphatic carbocycles. The van der Waals surface area contributed by atoms with Crippen LogP contribution in [-0.4, -0.2) is 34.6 Å². The highest BCUT2D eigenvalue weighted by molar-refractivity contribution is 9.10. The smallest absolute Gasteiger partial charge is 0.242 e. The van der Waals surface area contributed by atoms with Gasteiger partial charge in [0.2, 0.25) is 11.8 Å². The highest BCUT2D eigenvalue weighted by Gasteiger charge is 2.26. The van der Waals surface area contributed by atoms with Gasteiger partial charge in [-0.2, -0.15) is 0 Å². The second kappa shape index (κ2) is 12.0. The van der Waals surface area contributed by atoms with Gasteiger partial charge >= 0.3 is 0 Å². The standard InChI is InChI=1S/C22H25BrCl2N2O2S/c1-14(2)26-22(29)15(3)27(11-16-7-9-17(23)10-8-16)21(28)13-30-12-18-19(24)5-4-6-20(18)25/h4-10,14-15H,11-13H2,1-3H3,(H,26,29)/t15-/m0/s1. The molecule has 0 spiro atoms. The number of hydrogen-bond donors (Lipinski definition) is 1. The topological polar surface area (TPSA) is 49.4 Å². The van der Waals surface area contributed by atoms with E-state index in [1.54, 1.807) is 30.0 Å². The monoisotopic (exact) mass is 530 g/mol. The highest BCUT2D eigenvalue weighted by Crippen LogP contribution is 2.28. The first-order valence-electron chi connectivity index (χ1n) is 9.54. The van der Waals surface area contributed by atoms with Gasteiger partial charge in [-0.3, -0.25) is 9.59 Å². The molecule has 0 unspecified atom stereocenters. The van der Waals surface area contributed by atoms with E-state index in [0.29, 0.717) is 22.3 Å². The summed E-state index contributed by atoms with van der Waals surface area (Å²) in [5.41, 5.74) is 1.76. The molecule has 30 heavy (non-hydrogen) atoms. The Morgan fingerprint density at radius 1 is 1.07 bits per heavy atom. The maximum absolute atomic E-state index is 13.1. The average Bonchev–Trinajstić information content (AvgIpc) is 2.68. The second-order valence-electron chi connectivity index (χ2n) is 7.18. The summed E-state index contributed by atoms with van der Waals surface area (Å²) in [6.45, 7) is 5.90. The molecule has 4 nitrogen and oxygen atoms in total. The molecule has 8 heteroatoms. The zero-order valence-electron chi connectivity index (χ0n) is 17.1. The maximum atomic E-state index is 13.1. The van der Waals surface area contributed by atoms with Crippen LogP contribution < -0.4 is 5.32 Å². The second-order valence-corrected chi connectivity index (χ2v) is 9.90. The summed E-state index contributed by atoms with van der Waals surface area (Å²) >= 11 is 17.3. The predicted molar refractivity (Wildman–Crippen MR) is 130 cm³/mol. The molecular formula is C22H25BrCl2N2O2S. The van der Waals surface area contributed by atoms with Crippen molar-refractivity contribution < 1.29 is 9.59 Å². The molecule has 0 aliphatic rings. The number of amides is 2. The lowest BCUT2D eigenvalue weighted by Crippen LogP contribution is -2.49. The van der Waals surface area contributed by atoms with Crippen molar-refractivity contribution in [1.82, 2.24) is 10.2 Å². The Morgan fingerprint density at radius 3 is 2.23 bits per heavy atom. The van der Waals surface area contributed by atoms with E-state index in [9.17, 15) is 9.59 Å². The van der Waals surface area contributed by atoms with Crippen molar-refractivity contribution in [1.29, 1.82) is 0 Å². The third kappa shape index (κ3) is 7.49. The fourth-order valence-electron chi connectivity index (χ4n) is 2.77. The van der Waals surface area contributed by atoms with Gasteiger partial charge in [0.25, 0.3) is 0 Å². The minimum atomic E-state index is -0.590. The van der Waals surface area contributed by atoms with Crippen LogP contribution in [0.4, 0.5) is 0 Å².